The smallest absolute Gasteiger partial charge is 0.327 e. The third-order valence-electron chi connectivity index (χ3n) is 4.93. The van der Waals surface area contributed by atoms with Gasteiger partial charge in [-0.3, -0.25) is 14.4 Å². The summed E-state index contributed by atoms with van der Waals surface area (Å²) in [7, 11) is 0. The van der Waals surface area contributed by atoms with E-state index in [2.05, 4.69) is 28.6 Å². The zero-order valence-electron chi connectivity index (χ0n) is 19.1. The number of carboxylic acids is 1. The van der Waals surface area contributed by atoms with Crippen LogP contribution in [-0.2, 0) is 25.6 Å². The molecule has 0 radical (unpaired) electrons. The first kappa shape index (κ1) is 28.8. The second-order valence-electron chi connectivity index (χ2n) is 7.95. The average molecular weight is 499 g/mol. The van der Waals surface area contributed by atoms with E-state index >= 15 is 0 Å². The Hall–Kier alpha value is -2.24. The van der Waals surface area contributed by atoms with Crippen LogP contribution in [0.3, 0.4) is 0 Å². The first-order valence-corrected chi connectivity index (χ1v) is 12.7. The van der Waals surface area contributed by atoms with Gasteiger partial charge in [0.1, 0.15) is 18.1 Å². The van der Waals surface area contributed by atoms with Crippen LogP contribution in [0.15, 0.2) is 30.3 Å². The Morgan fingerprint density at radius 1 is 1.00 bits per heavy atom. The summed E-state index contributed by atoms with van der Waals surface area (Å²) in [6.45, 7) is 3.54. The van der Waals surface area contributed by atoms with Crippen molar-refractivity contribution in [3.63, 3.8) is 0 Å². The highest BCUT2D eigenvalue weighted by molar-refractivity contribution is 7.98. The maximum Gasteiger partial charge on any atom is 0.327 e. The number of carbonyl (C=O) groups excluding carboxylic acids is 3. The second kappa shape index (κ2) is 14.8. The monoisotopic (exact) mass is 498 g/mol. The summed E-state index contributed by atoms with van der Waals surface area (Å²) in [6, 6.07) is 5.10. The Kier molecular flexibility index (Phi) is 12.9. The number of nitrogens with two attached hydrogens (primary N) is 1. The van der Waals surface area contributed by atoms with E-state index in [1.807, 2.05) is 12.3 Å². The SMILES string of the molecule is CSCCC(N)C(=O)NC(C(=O)NC(Cc1ccccc1)C(=O)NC(CS)C(=O)O)C(C)C. The minimum atomic E-state index is -1.23. The summed E-state index contributed by atoms with van der Waals surface area (Å²) < 4.78 is 0. The molecule has 1 aromatic carbocycles. The van der Waals surface area contributed by atoms with E-state index in [-0.39, 0.29) is 18.1 Å². The summed E-state index contributed by atoms with van der Waals surface area (Å²) in [5.74, 6) is -2.54. The molecule has 3 amide bonds. The van der Waals surface area contributed by atoms with Crippen LogP contribution in [0.25, 0.3) is 0 Å². The van der Waals surface area contributed by atoms with E-state index in [0.29, 0.717) is 12.2 Å². The standard InChI is InChI=1S/C22H34N4O5S2/c1-13(2)18(26-19(27)15(23)9-10-33-3)21(29)24-16(11-14-7-5-4-6-8-14)20(28)25-17(12-32)22(30)31/h4-8,13,15-18,32H,9-12,23H2,1-3H3,(H,24,29)(H,25,28)(H,26,27)(H,30,31). The van der Waals surface area contributed by atoms with E-state index in [9.17, 15) is 24.3 Å². The molecule has 1 aromatic rings. The Morgan fingerprint density at radius 3 is 2.12 bits per heavy atom. The molecule has 0 aromatic heterocycles. The van der Waals surface area contributed by atoms with Crippen LogP contribution in [0.2, 0.25) is 0 Å². The Morgan fingerprint density at radius 2 is 1.61 bits per heavy atom. The summed E-state index contributed by atoms with van der Waals surface area (Å²) in [4.78, 5) is 49.7. The van der Waals surface area contributed by atoms with Crippen molar-refractivity contribution in [1.82, 2.24) is 16.0 Å². The maximum atomic E-state index is 13.1. The fourth-order valence-corrected chi connectivity index (χ4v) is 3.69. The van der Waals surface area contributed by atoms with Gasteiger partial charge < -0.3 is 26.8 Å². The number of hydrogen-bond acceptors (Lipinski definition) is 7. The fraction of sp³-hybridized carbons (Fsp3) is 0.545. The highest BCUT2D eigenvalue weighted by atomic mass is 32.2. The molecule has 0 spiro atoms. The first-order chi connectivity index (χ1) is 15.6. The normalized spacial score (nSPS) is 14.6. The minimum absolute atomic E-state index is 0.105. The van der Waals surface area contributed by atoms with E-state index in [0.717, 1.165) is 5.56 Å². The first-order valence-electron chi connectivity index (χ1n) is 10.6. The molecule has 0 heterocycles. The summed E-state index contributed by atoms with van der Waals surface area (Å²) >= 11 is 5.53. The fourth-order valence-electron chi connectivity index (χ4n) is 2.95. The number of nitrogens with one attached hydrogen (secondary N) is 3. The van der Waals surface area contributed by atoms with Gasteiger partial charge in [0, 0.05) is 12.2 Å². The van der Waals surface area contributed by atoms with E-state index in [1.165, 1.54) is 0 Å². The van der Waals surface area contributed by atoms with Gasteiger partial charge in [0.05, 0.1) is 6.04 Å². The van der Waals surface area contributed by atoms with Crippen molar-refractivity contribution in [3.8, 4) is 0 Å². The van der Waals surface area contributed by atoms with Gasteiger partial charge in [-0.2, -0.15) is 24.4 Å². The lowest BCUT2D eigenvalue weighted by atomic mass is 10.00. The highest BCUT2D eigenvalue weighted by Crippen LogP contribution is 2.08. The number of benzene rings is 1. The average Bonchev–Trinajstić information content (AvgIpc) is 2.78. The summed E-state index contributed by atoms with van der Waals surface area (Å²) in [5, 5.41) is 17.0. The molecule has 0 aliphatic carbocycles. The molecule has 1 rings (SSSR count). The van der Waals surface area contributed by atoms with Gasteiger partial charge in [0.15, 0.2) is 0 Å². The molecular formula is C22H34N4O5S2. The molecule has 0 bridgehead atoms. The number of carbonyl (C=O) groups is 4. The van der Waals surface area contributed by atoms with Crippen LogP contribution in [0.4, 0.5) is 0 Å². The van der Waals surface area contributed by atoms with Gasteiger partial charge >= 0.3 is 5.97 Å². The van der Waals surface area contributed by atoms with Crippen molar-refractivity contribution in [3.05, 3.63) is 35.9 Å². The van der Waals surface area contributed by atoms with Crippen molar-refractivity contribution in [1.29, 1.82) is 0 Å². The van der Waals surface area contributed by atoms with E-state index in [1.54, 1.807) is 49.9 Å². The molecule has 9 nitrogen and oxygen atoms in total. The highest BCUT2D eigenvalue weighted by Gasteiger charge is 2.31. The van der Waals surface area contributed by atoms with Gasteiger partial charge in [-0.05, 0) is 29.9 Å². The summed E-state index contributed by atoms with van der Waals surface area (Å²) in [6.07, 6.45) is 2.53. The molecular weight excluding hydrogens is 464 g/mol. The Balaban J connectivity index is 3.01. The molecule has 11 heteroatoms. The van der Waals surface area contributed by atoms with Crippen molar-refractivity contribution < 1.29 is 24.3 Å². The van der Waals surface area contributed by atoms with Gasteiger partial charge in [0.25, 0.3) is 0 Å². The lowest BCUT2D eigenvalue weighted by Crippen LogP contribution is -2.59. The molecule has 184 valence electrons. The quantitative estimate of drug-likeness (QED) is 0.204. The maximum absolute atomic E-state index is 13.1. The number of rotatable bonds is 14. The molecule has 4 unspecified atom stereocenters. The molecule has 0 saturated heterocycles. The zero-order chi connectivity index (χ0) is 25.0. The van der Waals surface area contributed by atoms with Crippen LogP contribution in [0.1, 0.15) is 25.8 Å². The molecule has 33 heavy (non-hydrogen) atoms. The largest absolute Gasteiger partial charge is 0.480 e. The molecule has 0 saturated carbocycles. The topological polar surface area (TPSA) is 151 Å². The molecule has 0 fully saturated rings. The number of carboxylic acid groups (broad SMARTS) is 1. The zero-order valence-corrected chi connectivity index (χ0v) is 20.8. The molecule has 6 N–H and O–H groups in total. The van der Waals surface area contributed by atoms with Crippen molar-refractivity contribution in [2.24, 2.45) is 11.7 Å². The predicted octanol–water partition coefficient (Wildman–Crippen LogP) is 0.434. The van der Waals surface area contributed by atoms with Crippen LogP contribution < -0.4 is 21.7 Å². The van der Waals surface area contributed by atoms with Gasteiger partial charge in [0.2, 0.25) is 17.7 Å². The van der Waals surface area contributed by atoms with Gasteiger partial charge in [-0.1, -0.05) is 44.2 Å². The number of amides is 3. The minimum Gasteiger partial charge on any atom is -0.480 e. The van der Waals surface area contributed by atoms with Crippen molar-refractivity contribution >= 4 is 48.1 Å². The number of hydrogen-bond donors (Lipinski definition) is 6. The van der Waals surface area contributed by atoms with Crippen molar-refractivity contribution in [2.75, 3.05) is 17.8 Å². The lowest BCUT2D eigenvalue weighted by Gasteiger charge is -2.27. The van der Waals surface area contributed by atoms with Gasteiger partial charge in [-0.25, -0.2) is 4.79 Å². The molecule has 0 aliphatic heterocycles. The second-order valence-corrected chi connectivity index (χ2v) is 9.30. The molecule has 0 aliphatic rings. The van der Waals surface area contributed by atoms with Crippen LogP contribution >= 0.6 is 24.4 Å². The van der Waals surface area contributed by atoms with E-state index in [4.69, 9.17) is 5.73 Å². The number of aliphatic carboxylic acids is 1. The third kappa shape index (κ3) is 10.1. The van der Waals surface area contributed by atoms with Crippen LogP contribution in [-0.4, -0.2) is 70.7 Å². The Labute approximate surface area is 204 Å². The van der Waals surface area contributed by atoms with Crippen LogP contribution in [0.5, 0.6) is 0 Å². The predicted molar refractivity (Wildman–Crippen MR) is 133 cm³/mol. The summed E-state index contributed by atoms with van der Waals surface area (Å²) in [5.41, 5.74) is 6.70. The van der Waals surface area contributed by atoms with Gasteiger partial charge in [-0.15, -0.1) is 0 Å². The number of thiol groups is 1. The molecule has 4 atom stereocenters. The van der Waals surface area contributed by atoms with E-state index < -0.39 is 47.9 Å². The lowest BCUT2D eigenvalue weighted by molar-refractivity contribution is -0.141. The number of thioether (sulfide) groups is 1. The third-order valence-corrected chi connectivity index (χ3v) is 5.94. The Bertz CT molecular complexity index is 794. The van der Waals surface area contributed by atoms with Crippen molar-refractivity contribution in [2.45, 2.75) is 50.9 Å². The van der Waals surface area contributed by atoms with Crippen LogP contribution in [0, 0.1) is 5.92 Å².